The van der Waals surface area contributed by atoms with E-state index in [1.165, 1.54) is 0 Å². The van der Waals surface area contributed by atoms with Crippen LogP contribution in [0.4, 0.5) is 0 Å². The zero-order valence-electron chi connectivity index (χ0n) is 10.8. The molecule has 1 aromatic heterocycles. The minimum atomic E-state index is -0.113. The number of pyridine rings is 1. The minimum absolute atomic E-state index is 0.113. The molecule has 1 amide bonds. The van der Waals surface area contributed by atoms with Gasteiger partial charge in [0.15, 0.2) is 0 Å². The molecule has 1 aromatic carbocycles. The molecule has 0 spiro atoms. The van der Waals surface area contributed by atoms with Crippen molar-refractivity contribution in [1.29, 1.82) is 0 Å². The highest BCUT2D eigenvalue weighted by molar-refractivity contribution is 5.94. The van der Waals surface area contributed by atoms with Crippen molar-refractivity contribution in [3.8, 4) is 5.75 Å². The predicted molar refractivity (Wildman–Crippen MR) is 73.0 cm³/mol. The van der Waals surface area contributed by atoms with Crippen molar-refractivity contribution in [3.05, 3.63) is 59.9 Å². The Morgan fingerprint density at radius 1 is 1.26 bits per heavy atom. The lowest BCUT2D eigenvalue weighted by Gasteiger charge is -2.07. The minimum Gasteiger partial charge on any atom is -0.494 e. The number of nitrogens with zero attached hydrogens (tertiary/aromatic N) is 1. The maximum absolute atomic E-state index is 12.0. The van der Waals surface area contributed by atoms with Crippen LogP contribution in [0.2, 0.25) is 0 Å². The molecular formula is C15H16N2O2. The third kappa shape index (κ3) is 3.81. The Hall–Kier alpha value is -2.36. The monoisotopic (exact) mass is 256 g/mol. The molecule has 0 aliphatic rings. The Balaban J connectivity index is 1.98. The van der Waals surface area contributed by atoms with Crippen LogP contribution < -0.4 is 10.1 Å². The average molecular weight is 256 g/mol. The molecule has 1 heterocycles. The first kappa shape index (κ1) is 13.1. The molecule has 0 saturated heterocycles. The van der Waals surface area contributed by atoms with E-state index in [4.69, 9.17) is 4.74 Å². The Kier molecular flexibility index (Phi) is 4.50. The lowest BCUT2D eigenvalue weighted by Crippen LogP contribution is -2.22. The van der Waals surface area contributed by atoms with Gasteiger partial charge in [-0.3, -0.25) is 9.78 Å². The van der Waals surface area contributed by atoms with Crippen LogP contribution in [0.5, 0.6) is 5.75 Å². The SMILES string of the molecule is CCOc1cccc(C(=O)NCc2ccncc2)c1. The first-order chi connectivity index (χ1) is 9.29. The van der Waals surface area contributed by atoms with Crippen LogP contribution in [-0.4, -0.2) is 17.5 Å². The number of carbonyl (C=O) groups excluding carboxylic acids is 1. The summed E-state index contributed by atoms with van der Waals surface area (Å²) < 4.78 is 5.37. The molecule has 2 aromatic rings. The van der Waals surface area contributed by atoms with Gasteiger partial charge in [0.25, 0.3) is 5.91 Å². The van der Waals surface area contributed by atoms with Gasteiger partial charge in [0.2, 0.25) is 0 Å². The van der Waals surface area contributed by atoms with Crippen LogP contribution >= 0.6 is 0 Å². The van der Waals surface area contributed by atoms with E-state index in [2.05, 4.69) is 10.3 Å². The molecule has 0 radical (unpaired) electrons. The largest absolute Gasteiger partial charge is 0.494 e. The van der Waals surface area contributed by atoms with E-state index in [9.17, 15) is 4.79 Å². The fraction of sp³-hybridized carbons (Fsp3) is 0.200. The van der Waals surface area contributed by atoms with E-state index in [1.54, 1.807) is 24.5 Å². The van der Waals surface area contributed by atoms with Gasteiger partial charge in [0, 0.05) is 24.5 Å². The quantitative estimate of drug-likeness (QED) is 0.893. The molecule has 4 heteroatoms. The van der Waals surface area contributed by atoms with Crippen LogP contribution in [0.3, 0.4) is 0 Å². The van der Waals surface area contributed by atoms with Crippen molar-refractivity contribution >= 4 is 5.91 Å². The fourth-order valence-electron chi connectivity index (χ4n) is 1.68. The smallest absolute Gasteiger partial charge is 0.251 e. The summed E-state index contributed by atoms with van der Waals surface area (Å²) >= 11 is 0. The van der Waals surface area contributed by atoms with Crippen molar-refractivity contribution in [3.63, 3.8) is 0 Å². The molecule has 19 heavy (non-hydrogen) atoms. The molecule has 0 aliphatic carbocycles. The summed E-state index contributed by atoms with van der Waals surface area (Å²) in [4.78, 5) is 15.9. The van der Waals surface area contributed by atoms with Crippen molar-refractivity contribution < 1.29 is 9.53 Å². The van der Waals surface area contributed by atoms with Gasteiger partial charge < -0.3 is 10.1 Å². The number of hydrogen-bond donors (Lipinski definition) is 1. The van der Waals surface area contributed by atoms with Gasteiger partial charge in [-0.2, -0.15) is 0 Å². The highest BCUT2D eigenvalue weighted by Crippen LogP contribution is 2.13. The molecule has 4 nitrogen and oxygen atoms in total. The molecule has 0 aliphatic heterocycles. The number of amides is 1. The number of benzene rings is 1. The zero-order valence-corrected chi connectivity index (χ0v) is 10.8. The van der Waals surface area contributed by atoms with E-state index in [1.807, 2.05) is 31.2 Å². The van der Waals surface area contributed by atoms with Gasteiger partial charge in [0.05, 0.1) is 6.61 Å². The van der Waals surface area contributed by atoms with Gasteiger partial charge in [-0.05, 0) is 42.8 Å². The highest BCUT2D eigenvalue weighted by atomic mass is 16.5. The number of nitrogens with one attached hydrogen (secondary N) is 1. The van der Waals surface area contributed by atoms with Gasteiger partial charge >= 0.3 is 0 Å². The predicted octanol–water partition coefficient (Wildman–Crippen LogP) is 2.41. The number of rotatable bonds is 5. The molecule has 0 unspecified atom stereocenters. The van der Waals surface area contributed by atoms with Gasteiger partial charge in [-0.25, -0.2) is 0 Å². The number of carbonyl (C=O) groups is 1. The number of hydrogen-bond acceptors (Lipinski definition) is 3. The number of ether oxygens (including phenoxy) is 1. The zero-order chi connectivity index (χ0) is 13.5. The summed E-state index contributed by atoms with van der Waals surface area (Å²) in [5.41, 5.74) is 1.62. The highest BCUT2D eigenvalue weighted by Gasteiger charge is 2.06. The fourth-order valence-corrected chi connectivity index (χ4v) is 1.68. The summed E-state index contributed by atoms with van der Waals surface area (Å²) in [5, 5.41) is 2.86. The van der Waals surface area contributed by atoms with Crippen LogP contribution in [0.1, 0.15) is 22.8 Å². The molecule has 2 rings (SSSR count). The van der Waals surface area contributed by atoms with Crippen LogP contribution in [-0.2, 0) is 6.54 Å². The second-order valence-electron chi connectivity index (χ2n) is 4.00. The Labute approximate surface area is 112 Å². The molecule has 0 fully saturated rings. The van der Waals surface area contributed by atoms with E-state index >= 15 is 0 Å². The molecule has 0 bridgehead atoms. The van der Waals surface area contributed by atoms with Crippen molar-refractivity contribution in [2.45, 2.75) is 13.5 Å². The summed E-state index contributed by atoms with van der Waals surface area (Å²) in [6, 6.07) is 10.9. The third-order valence-corrected chi connectivity index (χ3v) is 2.61. The van der Waals surface area contributed by atoms with E-state index < -0.39 is 0 Å². The number of aromatic nitrogens is 1. The van der Waals surface area contributed by atoms with Crippen molar-refractivity contribution in [1.82, 2.24) is 10.3 Å². The molecule has 0 atom stereocenters. The second kappa shape index (κ2) is 6.54. The van der Waals surface area contributed by atoms with E-state index in [0.29, 0.717) is 24.5 Å². The summed E-state index contributed by atoms with van der Waals surface area (Å²) in [5.74, 6) is 0.595. The maximum atomic E-state index is 12.0. The second-order valence-corrected chi connectivity index (χ2v) is 4.00. The Morgan fingerprint density at radius 3 is 2.79 bits per heavy atom. The molecule has 0 saturated carbocycles. The Morgan fingerprint density at radius 2 is 2.05 bits per heavy atom. The van der Waals surface area contributed by atoms with Crippen LogP contribution in [0, 0.1) is 0 Å². The van der Waals surface area contributed by atoms with Crippen LogP contribution in [0.25, 0.3) is 0 Å². The topological polar surface area (TPSA) is 51.2 Å². The normalized spacial score (nSPS) is 9.95. The Bertz CT molecular complexity index is 541. The summed E-state index contributed by atoms with van der Waals surface area (Å²) in [7, 11) is 0. The van der Waals surface area contributed by atoms with Gasteiger partial charge in [-0.1, -0.05) is 6.07 Å². The molecular weight excluding hydrogens is 240 g/mol. The summed E-state index contributed by atoms with van der Waals surface area (Å²) in [6.07, 6.45) is 3.41. The lowest BCUT2D eigenvalue weighted by atomic mass is 10.2. The van der Waals surface area contributed by atoms with Crippen molar-refractivity contribution in [2.75, 3.05) is 6.61 Å². The van der Waals surface area contributed by atoms with E-state index in [0.717, 1.165) is 5.56 Å². The third-order valence-electron chi connectivity index (χ3n) is 2.61. The first-order valence-electron chi connectivity index (χ1n) is 6.19. The molecule has 98 valence electrons. The first-order valence-corrected chi connectivity index (χ1v) is 6.19. The molecule has 1 N–H and O–H groups in total. The van der Waals surface area contributed by atoms with Crippen LogP contribution in [0.15, 0.2) is 48.8 Å². The standard InChI is InChI=1S/C15H16N2O2/c1-2-19-14-5-3-4-13(10-14)15(18)17-11-12-6-8-16-9-7-12/h3-10H,2,11H2,1H3,(H,17,18). The summed E-state index contributed by atoms with van der Waals surface area (Å²) in [6.45, 7) is 2.98. The van der Waals surface area contributed by atoms with Crippen molar-refractivity contribution in [2.24, 2.45) is 0 Å². The van der Waals surface area contributed by atoms with Gasteiger partial charge in [0.1, 0.15) is 5.75 Å². The maximum Gasteiger partial charge on any atom is 0.251 e. The van der Waals surface area contributed by atoms with E-state index in [-0.39, 0.29) is 5.91 Å². The van der Waals surface area contributed by atoms with Gasteiger partial charge in [-0.15, -0.1) is 0 Å². The lowest BCUT2D eigenvalue weighted by molar-refractivity contribution is 0.0950. The average Bonchev–Trinajstić information content (AvgIpc) is 2.46.